The number of nitrogens with one attached hydrogen (secondary N) is 2. The van der Waals surface area contributed by atoms with Gasteiger partial charge in [-0.25, -0.2) is 4.79 Å². The number of carbonyl (C=O) groups excluding carboxylic acids is 2. The van der Waals surface area contributed by atoms with Crippen molar-refractivity contribution in [3.8, 4) is 5.75 Å². The Hall–Kier alpha value is -3.32. The molecule has 3 rings (SSSR count). The smallest absolute Gasteiger partial charge is 0.344 e. The molecule has 2 N–H and O–H groups in total. The lowest BCUT2D eigenvalue weighted by molar-refractivity contribution is -0.150. The summed E-state index contributed by atoms with van der Waals surface area (Å²) in [6.45, 7) is -0.162. The number of thiophene rings is 1. The maximum atomic E-state index is 11.7. The van der Waals surface area contributed by atoms with Gasteiger partial charge in [-0.1, -0.05) is 24.3 Å². The Labute approximate surface area is 167 Å². The minimum Gasteiger partial charge on any atom is -0.482 e. The summed E-state index contributed by atoms with van der Waals surface area (Å²) in [7, 11) is 0. The summed E-state index contributed by atoms with van der Waals surface area (Å²) in [5, 5.41) is 7.88. The zero-order chi connectivity index (χ0) is 19.6. The Morgan fingerprint density at radius 2 is 1.61 bits per heavy atom. The van der Waals surface area contributed by atoms with Crippen LogP contribution in [0.3, 0.4) is 0 Å². The maximum absolute atomic E-state index is 11.7. The fourth-order valence-corrected chi connectivity index (χ4v) is 2.95. The van der Waals surface area contributed by atoms with Crippen molar-refractivity contribution in [2.45, 2.75) is 6.54 Å². The van der Waals surface area contributed by atoms with Gasteiger partial charge < -0.3 is 20.1 Å². The van der Waals surface area contributed by atoms with Crippen LogP contribution < -0.4 is 15.4 Å². The fraction of sp³-hybridized carbons (Fsp3) is 0.143. The van der Waals surface area contributed by atoms with Crippen LogP contribution in [-0.4, -0.2) is 25.1 Å². The summed E-state index contributed by atoms with van der Waals surface area (Å²) in [6, 6.07) is 20.8. The summed E-state index contributed by atoms with van der Waals surface area (Å²) < 4.78 is 10.3. The molecule has 28 heavy (non-hydrogen) atoms. The van der Waals surface area contributed by atoms with Gasteiger partial charge in [0.15, 0.2) is 13.2 Å². The van der Waals surface area contributed by atoms with E-state index in [1.54, 1.807) is 23.5 Å². The molecule has 0 aliphatic carbocycles. The number of benzene rings is 2. The largest absolute Gasteiger partial charge is 0.482 e. The van der Waals surface area contributed by atoms with Crippen molar-refractivity contribution in [1.29, 1.82) is 0 Å². The van der Waals surface area contributed by atoms with Crippen LogP contribution in [0.25, 0.3) is 0 Å². The molecule has 1 heterocycles. The number of ether oxygens (including phenoxy) is 2. The van der Waals surface area contributed by atoms with E-state index < -0.39 is 5.97 Å². The highest BCUT2D eigenvalue weighted by Crippen LogP contribution is 2.19. The van der Waals surface area contributed by atoms with E-state index in [1.807, 2.05) is 60.0 Å². The van der Waals surface area contributed by atoms with E-state index in [0.717, 1.165) is 16.3 Å². The second-order valence-corrected chi connectivity index (χ2v) is 6.85. The molecule has 0 bridgehead atoms. The topological polar surface area (TPSA) is 76.7 Å². The first-order chi connectivity index (χ1) is 13.7. The highest BCUT2D eigenvalue weighted by atomic mass is 32.1. The van der Waals surface area contributed by atoms with Gasteiger partial charge in [-0.15, -0.1) is 11.3 Å². The first-order valence-electron chi connectivity index (χ1n) is 8.69. The first-order valence-corrected chi connectivity index (χ1v) is 9.56. The molecule has 0 fully saturated rings. The third-order valence-electron chi connectivity index (χ3n) is 3.68. The quantitative estimate of drug-likeness (QED) is 0.539. The van der Waals surface area contributed by atoms with Crippen LogP contribution in [0.2, 0.25) is 0 Å². The van der Waals surface area contributed by atoms with Crippen molar-refractivity contribution in [3.63, 3.8) is 0 Å². The van der Waals surface area contributed by atoms with E-state index in [2.05, 4.69) is 10.6 Å². The number of esters is 1. The SMILES string of the molecule is O=C(COC(=O)COc1ccc(Nc2ccccc2)cc1)NCc1cccs1. The van der Waals surface area contributed by atoms with E-state index in [0.29, 0.717) is 12.3 Å². The molecule has 7 heteroatoms. The fourth-order valence-electron chi connectivity index (χ4n) is 2.30. The van der Waals surface area contributed by atoms with Crippen LogP contribution in [0.5, 0.6) is 5.75 Å². The number of hydrogen-bond acceptors (Lipinski definition) is 6. The van der Waals surface area contributed by atoms with Crippen LogP contribution in [-0.2, 0) is 20.9 Å². The second kappa shape index (κ2) is 10.1. The minimum absolute atomic E-state index is 0.260. The summed E-state index contributed by atoms with van der Waals surface area (Å²) in [6.07, 6.45) is 0. The molecule has 0 saturated carbocycles. The lowest BCUT2D eigenvalue weighted by atomic mass is 10.2. The van der Waals surface area contributed by atoms with Gasteiger partial charge in [0.2, 0.25) is 0 Å². The molecule has 2 aromatic carbocycles. The monoisotopic (exact) mass is 396 g/mol. The van der Waals surface area contributed by atoms with E-state index >= 15 is 0 Å². The number of anilines is 2. The lowest BCUT2D eigenvalue weighted by Gasteiger charge is -2.09. The average Bonchev–Trinajstić information content (AvgIpc) is 3.25. The number of amides is 1. The number of para-hydroxylation sites is 1. The van der Waals surface area contributed by atoms with Crippen molar-refractivity contribution in [2.75, 3.05) is 18.5 Å². The van der Waals surface area contributed by atoms with Gasteiger partial charge >= 0.3 is 5.97 Å². The highest BCUT2D eigenvalue weighted by molar-refractivity contribution is 7.09. The van der Waals surface area contributed by atoms with Gasteiger partial charge in [0, 0.05) is 16.3 Å². The van der Waals surface area contributed by atoms with E-state index in [4.69, 9.17) is 9.47 Å². The van der Waals surface area contributed by atoms with Crippen molar-refractivity contribution in [3.05, 3.63) is 77.0 Å². The normalized spacial score (nSPS) is 10.1. The van der Waals surface area contributed by atoms with Crippen LogP contribution in [0, 0.1) is 0 Å². The maximum Gasteiger partial charge on any atom is 0.344 e. The van der Waals surface area contributed by atoms with Gasteiger partial charge in [0.05, 0.1) is 6.54 Å². The molecule has 3 aromatic rings. The zero-order valence-corrected chi connectivity index (χ0v) is 15.9. The van der Waals surface area contributed by atoms with Gasteiger partial charge in [-0.3, -0.25) is 4.79 Å². The lowest BCUT2D eigenvalue weighted by Crippen LogP contribution is -2.29. The first kappa shape index (κ1) is 19.4. The standard InChI is InChI=1S/C21H20N2O4S/c24-20(22-13-19-7-4-12-28-19)14-27-21(25)15-26-18-10-8-17(9-11-18)23-16-5-2-1-3-6-16/h1-12,23H,13-15H2,(H,22,24). The third kappa shape index (κ3) is 6.44. The molecular formula is C21H20N2O4S. The number of hydrogen-bond donors (Lipinski definition) is 2. The Kier molecular flexibility index (Phi) is 7.03. The van der Waals surface area contributed by atoms with Crippen molar-refractivity contribution in [1.82, 2.24) is 5.32 Å². The predicted octanol–water partition coefficient (Wildman–Crippen LogP) is 3.73. The Morgan fingerprint density at radius 3 is 2.32 bits per heavy atom. The Bertz CT molecular complexity index is 881. The molecule has 0 radical (unpaired) electrons. The van der Waals surface area contributed by atoms with Crippen LogP contribution >= 0.6 is 11.3 Å². The summed E-state index contributed by atoms with van der Waals surface area (Å²) >= 11 is 1.55. The summed E-state index contributed by atoms with van der Waals surface area (Å²) in [5.74, 6) is -0.409. The average molecular weight is 396 g/mol. The summed E-state index contributed by atoms with van der Waals surface area (Å²) in [4.78, 5) is 24.4. The third-order valence-corrected chi connectivity index (χ3v) is 4.55. The van der Waals surface area contributed by atoms with E-state index in [1.165, 1.54) is 0 Å². The molecule has 6 nitrogen and oxygen atoms in total. The molecule has 144 valence electrons. The molecule has 1 amide bonds. The van der Waals surface area contributed by atoms with Crippen LogP contribution in [0.15, 0.2) is 72.1 Å². The minimum atomic E-state index is -0.599. The molecule has 0 saturated heterocycles. The molecular weight excluding hydrogens is 376 g/mol. The van der Waals surface area contributed by atoms with E-state index in [-0.39, 0.29) is 19.1 Å². The molecule has 0 unspecified atom stereocenters. The van der Waals surface area contributed by atoms with Crippen LogP contribution in [0.4, 0.5) is 11.4 Å². The molecule has 0 aliphatic rings. The molecule has 0 aliphatic heterocycles. The number of carbonyl (C=O) groups is 2. The summed E-state index contributed by atoms with van der Waals surface area (Å²) in [5.41, 5.74) is 1.89. The van der Waals surface area contributed by atoms with Gasteiger partial charge in [0.25, 0.3) is 5.91 Å². The molecule has 0 spiro atoms. The predicted molar refractivity (Wildman–Crippen MR) is 109 cm³/mol. The zero-order valence-electron chi connectivity index (χ0n) is 15.1. The number of rotatable bonds is 9. The van der Waals surface area contributed by atoms with E-state index in [9.17, 15) is 9.59 Å². The Balaban J connectivity index is 1.35. The van der Waals surface area contributed by atoms with Crippen molar-refractivity contribution < 1.29 is 19.1 Å². The molecule has 1 aromatic heterocycles. The van der Waals surface area contributed by atoms with Gasteiger partial charge in [-0.2, -0.15) is 0 Å². The Morgan fingerprint density at radius 1 is 0.857 bits per heavy atom. The van der Waals surface area contributed by atoms with Gasteiger partial charge in [-0.05, 0) is 47.8 Å². The van der Waals surface area contributed by atoms with Crippen molar-refractivity contribution in [2.24, 2.45) is 0 Å². The second-order valence-electron chi connectivity index (χ2n) is 5.82. The van der Waals surface area contributed by atoms with Crippen molar-refractivity contribution >= 4 is 34.6 Å². The van der Waals surface area contributed by atoms with Crippen LogP contribution in [0.1, 0.15) is 4.88 Å². The van der Waals surface area contributed by atoms with Gasteiger partial charge in [0.1, 0.15) is 5.75 Å². The molecule has 0 atom stereocenters. The highest BCUT2D eigenvalue weighted by Gasteiger charge is 2.09.